The van der Waals surface area contributed by atoms with Gasteiger partial charge in [-0.3, -0.25) is 9.58 Å². The van der Waals surface area contributed by atoms with Crippen LogP contribution in [0.1, 0.15) is 28.4 Å². The highest BCUT2D eigenvalue weighted by molar-refractivity contribution is 5.39. The van der Waals surface area contributed by atoms with E-state index in [0.29, 0.717) is 0 Å². The van der Waals surface area contributed by atoms with E-state index in [1.54, 1.807) is 0 Å². The molecule has 23 heavy (non-hydrogen) atoms. The molecule has 0 saturated carbocycles. The third kappa shape index (κ3) is 3.04. The van der Waals surface area contributed by atoms with E-state index in [-0.39, 0.29) is 6.04 Å². The molecule has 4 rings (SSSR count). The van der Waals surface area contributed by atoms with Crippen molar-refractivity contribution in [3.63, 3.8) is 0 Å². The molecule has 5 nitrogen and oxygen atoms in total. The van der Waals surface area contributed by atoms with Crippen LogP contribution in [0.5, 0.6) is 0 Å². The number of aryl methyl sites for hydroxylation is 1. The second kappa shape index (κ2) is 6.43. The molecule has 1 radical (unpaired) electrons. The number of morpholine rings is 1. The van der Waals surface area contributed by atoms with Crippen molar-refractivity contribution in [1.82, 2.24) is 20.0 Å². The second-order valence-electron chi connectivity index (χ2n) is 6.36. The van der Waals surface area contributed by atoms with Gasteiger partial charge in [0, 0.05) is 45.0 Å². The van der Waals surface area contributed by atoms with Crippen molar-refractivity contribution < 1.29 is 4.74 Å². The molecular weight excluding hydrogens is 288 g/mol. The quantitative estimate of drug-likeness (QED) is 0.863. The highest BCUT2D eigenvalue weighted by atomic mass is 16.5. The van der Waals surface area contributed by atoms with E-state index in [9.17, 15) is 0 Å². The van der Waals surface area contributed by atoms with Crippen LogP contribution in [0.15, 0.2) is 30.5 Å². The Morgan fingerprint density at radius 2 is 2.04 bits per heavy atom. The maximum absolute atomic E-state index is 5.45. The third-order valence-corrected chi connectivity index (χ3v) is 4.74. The van der Waals surface area contributed by atoms with Gasteiger partial charge < -0.3 is 4.74 Å². The van der Waals surface area contributed by atoms with Crippen molar-refractivity contribution in [1.29, 1.82) is 0 Å². The van der Waals surface area contributed by atoms with E-state index in [0.717, 1.165) is 51.5 Å². The maximum Gasteiger partial charge on any atom is 0.0941 e. The second-order valence-corrected chi connectivity index (χ2v) is 6.36. The minimum Gasteiger partial charge on any atom is -0.379 e. The molecule has 2 aliphatic rings. The van der Waals surface area contributed by atoms with Crippen molar-refractivity contribution in [2.45, 2.75) is 19.0 Å². The van der Waals surface area contributed by atoms with Crippen LogP contribution in [-0.2, 0) is 24.8 Å². The Kier molecular flexibility index (Phi) is 4.16. The van der Waals surface area contributed by atoms with Gasteiger partial charge in [0.05, 0.1) is 24.9 Å². The molecule has 0 spiro atoms. The van der Waals surface area contributed by atoms with Crippen LogP contribution in [-0.4, -0.2) is 47.5 Å². The lowest BCUT2D eigenvalue weighted by Gasteiger charge is -2.28. The summed E-state index contributed by atoms with van der Waals surface area (Å²) in [5.41, 5.74) is 5.14. The smallest absolute Gasteiger partial charge is 0.0941 e. The van der Waals surface area contributed by atoms with E-state index in [1.807, 2.05) is 11.7 Å². The summed E-state index contributed by atoms with van der Waals surface area (Å²) < 4.78 is 7.38. The Labute approximate surface area is 137 Å². The Morgan fingerprint density at radius 3 is 2.91 bits per heavy atom. The maximum atomic E-state index is 5.45. The average Bonchev–Trinajstić information content (AvgIpc) is 2.95. The predicted molar refractivity (Wildman–Crippen MR) is 88.3 cm³/mol. The van der Waals surface area contributed by atoms with Crippen LogP contribution in [0.4, 0.5) is 0 Å². The fraction of sp³-hybridized carbons (Fsp3) is 0.500. The van der Waals surface area contributed by atoms with Crippen molar-refractivity contribution in [2.75, 3.05) is 32.8 Å². The number of nitrogens with zero attached hydrogens (tertiary/aromatic N) is 4. The van der Waals surface area contributed by atoms with Crippen molar-refractivity contribution in [2.24, 2.45) is 7.05 Å². The monoisotopic (exact) mass is 311 g/mol. The van der Waals surface area contributed by atoms with Crippen molar-refractivity contribution in [3.8, 4) is 0 Å². The summed E-state index contributed by atoms with van der Waals surface area (Å²) in [6.45, 7) is 5.45. The first-order chi connectivity index (χ1) is 11.3. The zero-order chi connectivity index (χ0) is 15.6. The van der Waals surface area contributed by atoms with E-state index in [2.05, 4.69) is 35.4 Å². The van der Waals surface area contributed by atoms with Gasteiger partial charge in [0.1, 0.15) is 0 Å². The molecule has 1 fully saturated rings. The fourth-order valence-electron chi connectivity index (χ4n) is 3.58. The Morgan fingerprint density at radius 1 is 1.22 bits per heavy atom. The summed E-state index contributed by atoms with van der Waals surface area (Å²) in [5, 5.41) is 9.65. The molecule has 5 heteroatoms. The van der Waals surface area contributed by atoms with Gasteiger partial charge in [-0.15, -0.1) is 0 Å². The summed E-state index contributed by atoms with van der Waals surface area (Å²) in [6.07, 6.45) is 3.19. The minimum absolute atomic E-state index is 0.0807. The van der Waals surface area contributed by atoms with Crippen LogP contribution < -0.4 is 5.32 Å². The van der Waals surface area contributed by atoms with Crippen LogP contribution >= 0.6 is 0 Å². The van der Waals surface area contributed by atoms with Gasteiger partial charge in [-0.2, -0.15) is 5.10 Å². The number of hydrogen-bond donors (Lipinski definition) is 0. The molecule has 1 saturated heterocycles. The Bertz CT molecular complexity index is 675. The van der Waals surface area contributed by atoms with Crippen LogP contribution in [0.3, 0.4) is 0 Å². The molecule has 1 unspecified atom stereocenters. The number of benzene rings is 1. The molecule has 1 aromatic heterocycles. The number of ether oxygens (including phenoxy) is 1. The molecule has 3 heterocycles. The molecule has 0 amide bonds. The summed E-state index contributed by atoms with van der Waals surface area (Å²) >= 11 is 0. The first-order valence-electron chi connectivity index (χ1n) is 8.38. The normalized spacial score (nSPS) is 22.0. The lowest BCUT2D eigenvalue weighted by molar-refractivity contribution is 0.0340. The molecule has 121 valence electrons. The molecule has 0 aliphatic carbocycles. The molecule has 2 aliphatic heterocycles. The summed E-state index contributed by atoms with van der Waals surface area (Å²) in [7, 11) is 2.00. The standard InChI is InChI=1S/C18H23N4O/c1-21-12-15(13-22-8-10-23-11-9-22)17(20-21)18-16-5-3-2-4-14(16)6-7-19-18/h2-5,12,18H,6-11,13H2,1H3. The van der Waals surface area contributed by atoms with Crippen molar-refractivity contribution in [3.05, 3.63) is 52.8 Å². The number of fused-ring (bicyclic) bond motifs is 1. The first-order valence-corrected chi connectivity index (χ1v) is 8.38. The highest BCUT2D eigenvalue weighted by Gasteiger charge is 2.27. The fourth-order valence-corrected chi connectivity index (χ4v) is 3.58. The average molecular weight is 311 g/mol. The molecule has 0 N–H and O–H groups in total. The van der Waals surface area contributed by atoms with Gasteiger partial charge in [0.25, 0.3) is 0 Å². The predicted octanol–water partition coefficient (Wildman–Crippen LogP) is 1.50. The number of rotatable bonds is 3. The van der Waals surface area contributed by atoms with Gasteiger partial charge >= 0.3 is 0 Å². The van der Waals surface area contributed by atoms with E-state index in [1.165, 1.54) is 16.7 Å². The van der Waals surface area contributed by atoms with Crippen LogP contribution in [0.25, 0.3) is 0 Å². The van der Waals surface area contributed by atoms with Gasteiger partial charge in [0.2, 0.25) is 0 Å². The van der Waals surface area contributed by atoms with Gasteiger partial charge in [0.15, 0.2) is 0 Å². The zero-order valence-electron chi connectivity index (χ0n) is 13.6. The van der Waals surface area contributed by atoms with Gasteiger partial charge in [-0.25, -0.2) is 5.32 Å². The van der Waals surface area contributed by atoms with Crippen LogP contribution in [0, 0.1) is 0 Å². The molecular formula is C18H23N4O. The molecule has 0 bridgehead atoms. The van der Waals surface area contributed by atoms with E-state index in [4.69, 9.17) is 15.2 Å². The van der Waals surface area contributed by atoms with E-state index < -0.39 is 0 Å². The third-order valence-electron chi connectivity index (χ3n) is 4.74. The SMILES string of the molecule is Cn1cc(CN2CCOCC2)c(C2[N]CCc3ccccc32)n1. The van der Waals surface area contributed by atoms with Gasteiger partial charge in [-0.05, 0) is 17.5 Å². The summed E-state index contributed by atoms with van der Waals surface area (Å²) in [4.78, 5) is 2.44. The lowest BCUT2D eigenvalue weighted by atomic mass is 9.91. The summed E-state index contributed by atoms with van der Waals surface area (Å²) in [6, 6.07) is 8.74. The number of aromatic nitrogens is 2. The lowest BCUT2D eigenvalue weighted by Crippen LogP contribution is -2.36. The summed E-state index contributed by atoms with van der Waals surface area (Å²) in [5.74, 6) is 0. The largest absolute Gasteiger partial charge is 0.379 e. The first kappa shape index (κ1) is 14.9. The molecule has 2 aromatic rings. The number of hydrogen-bond acceptors (Lipinski definition) is 3. The van der Waals surface area contributed by atoms with Crippen LogP contribution in [0.2, 0.25) is 0 Å². The van der Waals surface area contributed by atoms with Gasteiger partial charge in [-0.1, -0.05) is 24.3 Å². The Balaban J connectivity index is 1.64. The topological polar surface area (TPSA) is 44.4 Å². The Hall–Kier alpha value is -1.69. The highest BCUT2D eigenvalue weighted by Crippen LogP contribution is 2.31. The minimum atomic E-state index is 0.0807. The molecule has 1 atom stereocenters. The van der Waals surface area contributed by atoms with E-state index >= 15 is 0 Å². The zero-order valence-corrected chi connectivity index (χ0v) is 13.6. The molecule has 1 aromatic carbocycles. The van der Waals surface area contributed by atoms with Crippen molar-refractivity contribution >= 4 is 0 Å².